The van der Waals surface area contributed by atoms with Crippen LogP contribution in [0.3, 0.4) is 0 Å². The van der Waals surface area contributed by atoms with E-state index in [4.69, 9.17) is 4.74 Å². The minimum atomic E-state index is -0.448. The second kappa shape index (κ2) is 8.49. The Morgan fingerprint density at radius 3 is 2.68 bits per heavy atom. The maximum absolute atomic E-state index is 12.5. The van der Waals surface area contributed by atoms with Crippen molar-refractivity contribution in [1.29, 1.82) is 0 Å². The van der Waals surface area contributed by atoms with E-state index in [-0.39, 0.29) is 18.0 Å². The van der Waals surface area contributed by atoms with Crippen LogP contribution in [-0.2, 0) is 16.1 Å². The van der Waals surface area contributed by atoms with Crippen molar-refractivity contribution in [1.82, 2.24) is 9.78 Å². The number of hydrogen-bond donors (Lipinski definition) is 2. The van der Waals surface area contributed by atoms with Gasteiger partial charge in [0.15, 0.2) is 0 Å². The molecule has 3 aromatic rings. The normalized spacial score (nSPS) is 10.4. The molecule has 0 aliphatic rings. The summed E-state index contributed by atoms with van der Waals surface area (Å²) in [7, 11) is 1.47. The van der Waals surface area contributed by atoms with Crippen molar-refractivity contribution in [3.05, 3.63) is 58.2 Å². The third-order valence-electron chi connectivity index (χ3n) is 3.73. The lowest BCUT2D eigenvalue weighted by Crippen LogP contribution is -2.29. The average molecular weight is 398 g/mol. The van der Waals surface area contributed by atoms with Crippen LogP contribution in [0.4, 0.5) is 11.4 Å². The SMILES string of the molecule is COc1ccc(NC(C)=O)cc1NC(=O)Cn1nc(-c2cccs2)ccc1=O. The molecule has 2 heterocycles. The first-order valence-corrected chi connectivity index (χ1v) is 9.22. The molecular formula is C19H18N4O4S. The fraction of sp³-hybridized carbons (Fsp3) is 0.158. The number of carbonyl (C=O) groups excluding carboxylic acids is 2. The monoisotopic (exact) mass is 398 g/mol. The third-order valence-corrected chi connectivity index (χ3v) is 4.62. The van der Waals surface area contributed by atoms with Crippen LogP contribution in [0.1, 0.15) is 6.92 Å². The van der Waals surface area contributed by atoms with Gasteiger partial charge in [-0.15, -0.1) is 11.3 Å². The molecule has 2 amide bonds. The Morgan fingerprint density at radius 1 is 1.18 bits per heavy atom. The number of nitrogens with zero attached hydrogens (tertiary/aromatic N) is 2. The van der Waals surface area contributed by atoms with E-state index in [1.54, 1.807) is 24.3 Å². The summed E-state index contributed by atoms with van der Waals surface area (Å²) < 4.78 is 6.34. The van der Waals surface area contributed by atoms with E-state index in [1.165, 1.54) is 31.4 Å². The molecule has 2 N–H and O–H groups in total. The Labute approximate surface area is 164 Å². The molecule has 8 nitrogen and oxygen atoms in total. The molecule has 0 spiro atoms. The second-order valence-electron chi connectivity index (χ2n) is 5.84. The topological polar surface area (TPSA) is 102 Å². The summed E-state index contributed by atoms with van der Waals surface area (Å²) in [6.45, 7) is 1.13. The van der Waals surface area contributed by atoms with E-state index >= 15 is 0 Å². The summed E-state index contributed by atoms with van der Waals surface area (Å²) in [5.74, 6) is -0.255. The number of amides is 2. The van der Waals surface area contributed by atoms with Crippen LogP contribution in [-0.4, -0.2) is 28.7 Å². The molecule has 28 heavy (non-hydrogen) atoms. The lowest BCUT2D eigenvalue weighted by Gasteiger charge is -2.13. The maximum Gasteiger partial charge on any atom is 0.267 e. The molecular weight excluding hydrogens is 380 g/mol. The van der Waals surface area contributed by atoms with Crippen molar-refractivity contribution in [2.75, 3.05) is 17.7 Å². The Kier molecular flexibility index (Phi) is 5.85. The van der Waals surface area contributed by atoms with Crippen LogP contribution < -0.4 is 20.9 Å². The minimum Gasteiger partial charge on any atom is -0.495 e. The fourth-order valence-electron chi connectivity index (χ4n) is 2.53. The highest BCUT2D eigenvalue weighted by Crippen LogP contribution is 2.28. The van der Waals surface area contributed by atoms with E-state index in [0.717, 1.165) is 9.56 Å². The number of carbonyl (C=O) groups is 2. The predicted octanol–water partition coefficient (Wildman–Crippen LogP) is 2.58. The average Bonchev–Trinajstić information content (AvgIpc) is 3.18. The summed E-state index contributed by atoms with van der Waals surface area (Å²) in [6.07, 6.45) is 0. The Balaban J connectivity index is 1.80. The number of nitrogens with one attached hydrogen (secondary N) is 2. The lowest BCUT2D eigenvalue weighted by atomic mass is 10.2. The second-order valence-corrected chi connectivity index (χ2v) is 6.78. The Hall–Kier alpha value is -3.46. The number of methoxy groups -OCH3 is 1. The molecule has 0 unspecified atom stereocenters. The zero-order valence-electron chi connectivity index (χ0n) is 15.3. The summed E-state index contributed by atoms with van der Waals surface area (Å²) in [5.41, 5.74) is 1.13. The van der Waals surface area contributed by atoms with Gasteiger partial charge in [0.05, 0.1) is 17.7 Å². The van der Waals surface area contributed by atoms with Crippen LogP contribution in [0.5, 0.6) is 5.75 Å². The van der Waals surface area contributed by atoms with Gasteiger partial charge in [0.25, 0.3) is 5.56 Å². The maximum atomic E-state index is 12.5. The first-order chi connectivity index (χ1) is 13.5. The van der Waals surface area contributed by atoms with Crippen LogP contribution in [0.2, 0.25) is 0 Å². The quantitative estimate of drug-likeness (QED) is 0.664. The molecule has 3 rings (SSSR count). The molecule has 0 bridgehead atoms. The zero-order valence-corrected chi connectivity index (χ0v) is 16.1. The first kappa shape index (κ1) is 19.3. The van der Waals surface area contributed by atoms with E-state index in [2.05, 4.69) is 15.7 Å². The van der Waals surface area contributed by atoms with Gasteiger partial charge in [-0.3, -0.25) is 14.4 Å². The summed E-state index contributed by atoms with van der Waals surface area (Å²) in [5, 5.41) is 11.5. The van der Waals surface area contributed by atoms with Crippen molar-refractivity contribution >= 4 is 34.5 Å². The molecule has 2 aromatic heterocycles. The largest absolute Gasteiger partial charge is 0.495 e. The Morgan fingerprint density at radius 2 is 2.00 bits per heavy atom. The van der Waals surface area contributed by atoms with Gasteiger partial charge >= 0.3 is 0 Å². The van der Waals surface area contributed by atoms with Gasteiger partial charge in [-0.25, -0.2) is 4.68 Å². The summed E-state index contributed by atoms with van der Waals surface area (Å²) in [6, 6.07) is 11.7. The minimum absolute atomic E-state index is 0.233. The molecule has 144 valence electrons. The van der Waals surface area contributed by atoms with Crippen molar-refractivity contribution in [2.45, 2.75) is 13.5 Å². The zero-order chi connectivity index (χ0) is 20.1. The number of anilines is 2. The van der Waals surface area contributed by atoms with Crippen molar-refractivity contribution in [3.63, 3.8) is 0 Å². The van der Waals surface area contributed by atoms with E-state index in [9.17, 15) is 14.4 Å². The van der Waals surface area contributed by atoms with Gasteiger partial charge < -0.3 is 15.4 Å². The van der Waals surface area contributed by atoms with Gasteiger partial charge in [-0.2, -0.15) is 5.10 Å². The summed E-state index contributed by atoms with van der Waals surface area (Å²) in [4.78, 5) is 36.7. The Bertz CT molecular complexity index is 1060. The van der Waals surface area contributed by atoms with Gasteiger partial charge in [-0.1, -0.05) is 6.07 Å². The van der Waals surface area contributed by atoms with Gasteiger partial charge in [0.2, 0.25) is 11.8 Å². The number of rotatable bonds is 6. The number of hydrogen-bond acceptors (Lipinski definition) is 6. The van der Waals surface area contributed by atoms with Gasteiger partial charge in [0.1, 0.15) is 18.0 Å². The fourth-order valence-corrected chi connectivity index (χ4v) is 3.22. The molecule has 0 atom stereocenters. The van der Waals surface area contributed by atoms with Crippen LogP contribution in [0.15, 0.2) is 52.6 Å². The lowest BCUT2D eigenvalue weighted by molar-refractivity contribution is -0.117. The standard InChI is InChI=1S/C19H18N4O4S/c1-12(24)20-13-5-7-16(27-2)15(10-13)21-18(25)11-23-19(26)8-6-14(22-23)17-4-3-9-28-17/h3-10H,11H2,1-2H3,(H,20,24)(H,21,25). The molecule has 0 aliphatic carbocycles. The van der Waals surface area contributed by atoms with E-state index in [0.29, 0.717) is 22.8 Å². The molecule has 9 heteroatoms. The molecule has 0 saturated heterocycles. The van der Waals surface area contributed by atoms with Crippen molar-refractivity contribution < 1.29 is 14.3 Å². The number of benzene rings is 1. The molecule has 0 saturated carbocycles. The summed E-state index contributed by atoms with van der Waals surface area (Å²) >= 11 is 1.49. The molecule has 1 aromatic carbocycles. The third kappa shape index (κ3) is 4.63. The smallest absolute Gasteiger partial charge is 0.267 e. The highest BCUT2D eigenvalue weighted by molar-refractivity contribution is 7.13. The number of aromatic nitrogens is 2. The first-order valence-electron chi connectivity index (χ1n) is 8.34. The molecule has 0 radical (unpaired) electrons. The molecule has 0 aliphatic heterocycles. The van der Waals surface area contributed by atoms with Crippen LogP contribution in [0.25, 0.3) is 10.6 Å². The predicted molar refractivity (Wildman–Crippen MR) is 108 cm³/mol. The van der Waals surface area contributed by atoms with Crippen molar-refractivity contribution in [2.24, 2.45) is 0 Å². The number of thiophene rings is 1. The van der Waals surface area contributed by atoms with E-state index < -0.39 is 5.91 Å². The van der Waals surface area contributed by atoms with Gasteiger partial charge in [0, 0.05) is 18.7 Å². The molecule has 0 fully saturated rings. The van der Waals surface area contributed by atoms with Crippen LogP contribution >= 0.6 is 11.3 Å². The van der Waals surface area contributed by atoms with Crippen molar-refractivity contribution in [3.8, 4) is 16.3 Å². The van der Waals surface area contributed by atoms with Gasteiger partial charge in [-0.05, 0) is 35.7 Å². The number of ether oxygens (including phenoxy) is 1. The highest BCUT2D eigenvalue weighted by Gasteiger charge is 2.12. The highest BCUT2D eigenvalue weighted by atomic mass is 32.1. The van der Waals surface area contributed by atoms with Crippen LogP contribution in [0, 0.1) is 0 Å². The van der Waals surface area contributed by atoms with E-state index in [1.807, 2.05) is 17.5 Å².